The van der Waals surface area contributed by atoms with Crippen LogP contribution < -0.4 is 14.5 Å². The normalized spacial score (nSPS) is 17.1. The third kappa shape index (κ3) is 3.33. The van der Waals surface area contributed by atoms with E-state index in [1.54, 1.807) is 12.1 Å². The molecule has 4 rings (SSSR count). The van der Waals surface area contributed by atoms with Crippen LogP contribution in [0.2, 0.25) is 0 Å². The molecule has 8 nitrogen and oxygen atoms in total. The summed E-state index contributed by atoms with van der Waals surface area (Å²) < 4.78 is 10.6. The van der Waals surface area contributed by atoms with Gasteiger partial charge < -0.3 is 9.47 Å². The Labute approximate surface area is 167 Å². The quantitative estimate of drug-likeness (QED) is 0.443. The van der Waals surface area contributed by atoms with Gasteiger partial charge in [0.1, 0.15) is 0 Å². The number of anilines is 1. The minimum absolute atomic E-state index is 0.00191. The van der Waals surface area contributed by atoms with Gasteiger partial charge in [0, 0.05) is 5.41 Å². The van der Waals surface area contributed by atoms with Crippen molar-refractivity contribution >= 4 is 29.1 Å². The number of hydrogen-bond acceptors (Lipinski definition) is 6. The molecule has 1 amide bonds. The number of hydrazone groups is 1. The largest absolute Gasteiger partial charge is 0.454 e. The molecule has 2 aromatic rings. The van der Waals surface area contributed by atoms with E-state index >= 15 is 0 Å². The number of nitro groups is 1. The predicted octanol–water partition coefficient (Wildman–Crippen LogP) is 4.16. The molecule has 0 aliphatic carbocycles. The molecule has 0 N–H and O–H groups in total. The van der Waals surface area contributed by atoms with Crippen molar-refractivity contribution in [2.75, 3.05) is 11.8 Å². The van der Waals surface area contributed by atoms with Crippen LogP contribution in [0.15, 0.2) is 53.1 Å². The number of benzene rings is 2. The fourth-order valence-electron chi connectivity index (χ4n) is 3.22. The Morgan fingerprint density at radius 3 is 2.41 bits per heavy atom. The van der Waals surface area contributed by atoms with E-state index in [0.29, 0.717) is 28.5 Å². The predicted molar refractivity (Wildman–Crippen MR) is 108 cm³/mol. The van der Waals surface area contributed by atoms with Gasteiger partial charge in [-0.05, 0) is 24.3 Å². The van der Waals surface area contributed by atoms with Crippen LogP contribution in [0.5, 0.6) is 11.5 Å². The van der Waals surface area contributed by atoms with Crippen molar-refractivity contribution in [3.05, 3.63) is 63.7 Å². The van der Waals surface area contributed by atoms with E-state index in [-0.39, 0.29) is 24.0 Å². The van der Waals surface area contributed by atoms with E-state index in [1.807, 2.05) is 39.0 Å². The van der Waals surface area contributed by atoms with Gasteiger partial charge in [0.2, 0.25) is 6.79 Å². The minimum Gasteiger partial charge on any atom is -0.454 e. The zero-order valence-corrected chi connectivity index (χ0v) is 16.2. The summed E-state index contributed by atoms with van der Waals surface area (Å²) >= 11 is 0. The number of carbonyl (C=O) groups excluding carboxylic acids is 1. The fraction of sp³-hybridized carbons (Fsp3) is 0.238. The van der Waals surface area contributed by atoms with Crippen LogP contribution in [-0.4, -0.2) is 23.3 Å². The first-order valence-electron chi connectivity index (χ1n) is 9.04. The Morgan fingerprint density at radius 2 is 1.79 bits per heavy atom. The average Bonchev–Trinajstić information content (AvgIpc) is 3.26. The SMILES string of the molecule is CC(C)(C)C1=NN(c2ccccc2)C(=O)/C1=C/c1cc2c(cc1[N+](=O)[O-])OCO2. The smallest absolute Gasteiger partial charge is 0.280 e. The number of hydrogen-bond donors (Lipinski definition) is 0. The highest BCUT2D eigenvalue weighted by atomic mass is 16.7. The lowest BCUT2D eigenvalue weighted by Crippen LogP contribution is -2.24. The molecule has 8 heteroatoms. The highest BCUT2D eigenvalue weighted by molar-refractivity contribution is 6.34. The zero-order valence-electron chi connectivity index (χ0n) is 16.2. The third-order valence-electron chi connectivity index (χ3n) is 4.61. The second-order valence-corrected chi connectivity index (χ2v) is 7.73. The summed E-state index contributed by atoms with van der Waals surface area (Å²) in [6, 6.07) is 11.9. The molecule has 2 aromatic carbocycles. The first-order chi connectivity index (χ1) is 13.8. The van der Waals surface area contributed by atoms with Crippen LogP contribution in [0.1, 0.15) is 26.3 Å². The summed E-state index contributed by atoms with van der Waals surface area (Å²) in [5, 5.41) is 17.5. The van der Waals surface area contributed by atoms with Crippen LogP contribution >= 0.6 is 0 Å². The second-order valence-electron chi connectivity index (χ2n) is 7.73. The van der Waals surface area contributed by atoms with Crippen molar-refractivity contribution in [3.63, 3.8) is 0 Å². The summed E-state index contributed by atoms with van der Waals surface area (Å²) in [5.74, 6) is 0.377. The van der Waals surface area contributed by atoms with Gasteiger partial charge in [-0.25, -0.2) is 0 Å². The van der Waals surface area contributed by atoms with Gasteiger partial charge in [-0.1, -0.05) is 39.0 Å². The zero-order chi connectivity index (χ0) is 20.8. The first-order valence-corrected chi connectivity index (χ1v) is 9.04. The third-order valence-corrected chi connectivity index (χ3v) is 4.61. The number of ether oxygens (including phenoxy) is 2. The summed E-state index contributed by atoms with van der Waals surface area (Å²) in [6.07, 6.45) is 1.51. The minimum atomic E-state index is -0.503. The van der Waals surface area contributed by atoms with Crippen LogP contribution in [0.3, 0.4) is 0 Å². The van der Waals surface area contributed by atoms with Crippen molar-refractivity contribution in [2.24, 2.45) is 10.5 Å². The molecule has 0 bridgehead atoms. The molecule has 0 spiro atoms. The fourth-order valence-corrected chi connectivity index (χ4v) is 3.22. The van der Waals surface area contributed by atoms with Crippen LogP contribution in [-0.2, 0) is 4.79 Å². The Hall–Kier alpha value is -3.68. The van der Waals surface area contributed by atoms with E-state index in [2.05, 4.69) is 5.10 Å². The number of amides is 1. The van der Waals surface area contributed by atoms with E-state index in [1.165, 1.54) is 23.2 Å². The van der Waals surface area contributed by atoms with E-state index in [9.17, 15) is 14.9 Å². The molecule has 0 aromatic heterocycles. The van der Waals surface area contributed by atoms with Gasteiger partial charge in [0.05, 0.1) is 33.5 Å². The van der Waals surface area contributed by atoms with Gasteiger partial charge >= 0.3 is 0 Å². The Kier molecular flexibility index (Phi) is 4.34. The Balaban J connectivity index is 1.85. The standard InChI is InChI=1S/C21H19N3O5/c1-21(2,3)19-15(20(25)23(22-19)14-7-5-4-6-8-14)9-13-10-17-18(29-12-28-17)11-16(13)24(26)27/h4-11H,12H2,1-3H3/b15-9+. The highest BCUT2D eigenvalue weighted by Gasteiger charge is 2.37. The molecular formula is C21H19N3O5. The summed E-state index contributed by atoms with van der Waals surface area (Å²) in [6.45, 7) is 5.82. The van der Waals surface area contributed by atoms with Gasteiger partial charge in [0.25, 0.3) is 11.6 Å². The van der Waals surface area contributed by atoms with Crippen LogP contribution in [0, 0.1) is 15.5 Å². The Bertz CT molecular complexity index is 1070. The van der Waals surface area contributed by atoms with Gasteiger partial charge in [-0.15, -0.1) is 0 Å². The summed E-state index contributed by atoms with van der Waals surface area (Å²) in [4.78, 5) is 24.3. The number of nitrogens with zero attached hydrogens (tertiary/aromatic N) is 3. The second kappa shape index (κ2) is 6.73. The number of nitro benzene ring substituents is 1. The molecule has 2 heterocycles. The van der Waals surface area contributed by atoms with Gasteiger partial charge in [-0.2, -0.15) is 10.1 Å². The molecule has 148 valence electrons. The Morgan fingerprint density at radius 1 is 1.14 bits per heavy atom. The number of fused-ring (bicyclic) bond motifs is 1. The van der Waals surface area contributed by atoms with Crippen molar-refractivity contribution in [3.8, 4) is 11.5 Å². The maximum atomic E-state index is 13.2. The van der Waals surface area contributed by atoms with Crippen LogP contribution in [0.25, 0.3) is 6.08 Å². The van der Waals surface area contributed by atoms with Crippen molar-refractivity contribution < 1.29 is 19.2 Å². The number of para-hydroxylation sites is 1. The topological polar surface area (TPSA) is 94.3 Å². The summed E-state index contributed by atoms with van der Waals surface area (Å²) in [5.41, 5.74) is 1.13. The van der Waals surface area contributed by atoms with Crippen molar-refractivity contribution in [1.82, 2.24) is 0 Å². The lowest BCUT2D eigenvalue weighted by atomic mass is 9.85. The number of rotatable bonds is 3. The average molecular weight is 393 g/mol. The highest BCUT2D eigenvalue weighted by Crippen LogP contribution is 2.40. The lowest BCUT2D eigenvalue weighted by Gasteiger charge is -2.18. The van der Waals surface area contributed by atoms with Gasteiger partial charge in [-0.3, -0.25) is 14.9 Å². The molecular weight excluding hydrogens is 374 g/mol. The molecule has 29 heavy (non-hydrogen) atoms. The monoisotopic (exact) mass is 393 g/mol. The molecule has 0 radical (unpaired) electrons. The van der Waals surface area contributed by atoms with E-state index in [0.717, 1.165) is 0 Å². The maximum Gasteiger partial charge on any atom is 0.280 e. The molecule has 0 unspecified atom stereocenters. The van der Waals surface area contributed by atoms with Crippen molar-refractivity contribution in [2.45, 2.75) is 20.8 Å². The maximum absolute atomic E-state index is 13.2. The van der Waals surface area contributed by atoms with Crippen molar-refractivity contribution in [1.29, 1.82) is 0 Å². The molecule has 0 saturated carbocycles. The lowest BCUT2D eigenvalue weighted by molar-refractivity contribution is -0.385. The number of carbonyl (C=O) groups is 1. The molecule has 0 fully saturated rings. The van der Waals surface area contributed by atoms with E-state index < -0.39 is 10.3 Å². The molecule has 0 atom stereocenters. The van der Waals surface area contributed by atoms with Gasteiger partial charge in [0.15, 0.2) is 11.5 Å². The van der Waals surface area contributed by atoms with E-state index in [4.69, 9.17) is 9.47 Å². The molecule has 2 aliphatic rings. The van der Waals surface area contributed by atoms with Crippen LogP contribution in [0.4, 0.5) is 11.4 Å². The molecule has 2 aliphatic heterocycles. The first kappa shape index (κ1) is 18.7. The summed E-state index contributed by atoms with van der Waals surface area (Å²) in [7, 11) is 0. The molecule has 0 saturated heterocycles.